The van der Waals surface area contributed by atoms with Crippen molar-refractivity contribution < 1.29 is 8.42 Å². The van der Waals surface area contributed by atoms with Gasteiger partial charge in [0, 0.05) is 23.4 Å². The van der Waals surface area contributed by atoms with Crippen LogP contribution in [0.4, 0.5) is 0 Å². The van der Waals surface area contributed by atoms with Crippen LogP contribution < -0.4 is 0 Å². The molecule has 2 rings (SSSR count). The number of aromatic amines is 1. The predicted molar refractivity (Wildman–Crippen MR) is 81.8 cm³/mol. The predicted octanol–water partition coefficient (Wildman–Crippen LogP) is 3.23. The number of nitrogens with one attached hydrogen (secondary N) is 1. The van der Waals surface area contributed by atoms with Crippen LogP contribution in [0.15, 0.2) is 40.5 Å². The van der Waals surface area contributed by atoms with E-state index in [1.807, 2.05) is 18.3 Å². The monoisotopic (exact) mass is 310 g/mol. The average Bonchev–Trinajstić information content (AvgIpc) is 2.85. The summed E-state index contributed by atoms with van der Waals surface area (Å²) >= 11 is 1.63. The molecule has 0 saturated carbocycles. The van der Waals surface area contributed by atoms with Crippen LogP contribution in [0, 0.1) is 0 Å². The zero-order valence-electron chi connectivity index (χ0n) is 11.8. The number of imidazole rings is 1. The topological polar surface area (TPSA) is 62.8 Å². The van der Waals surface area contributed by atoms with Crippen molar-refractivity contribution in [1.82, 2.24) is 9.97 Å². The second kappa shape index (κ2) is 6.01. The normalized spacial score (nSPS) is 13.3. The molecular weight excluding hydrogens is 292 g/mol. The first kappa shape index (κ1) is 15.1. The summed E-state index contributed by atoms with van der Waals surface area (Å²) in [6.07, 6.45) is 4.00. The summed E-state index contributed by atoms with van der Waals surface area (Å²) in [5.74, 6) is 0. The highest BCUT2D eigenvalue weighted by atomic mass is 32.2. The maximum absolute atomic E-state index is 11.4. The summed E-state index contributed by atoms with van der Waals surface area (Å²) in [7, 11) is -3.13. The lowest BCUT2D eigenvalue weighted by atomic mass is 10.2. The molecule has 108 valence electrons. The molecular formula is C14H18N2O2S2. The van der Waals surface area contributed by atoms with Gasteiger partial charge in [0.1, 0.15) is 0 Å². The third-order valence-electron chi connectivity index (χ3n) is 3.05. The van der Waals surface area contributed by atoms with Gasteiger partial charge < -0.3 is 4.98 Å². The molecule has 0 spiro atoms. The zero-order valence-corrected chi connectivity index (χ0v) is 13.4. The Morgan fingerprint density at radius 3 is 2.45 bits per heavy atom. The second-order valence-corrected chi connectivity index (χ2v) is 8.01. The Labute approximate surface area is 123 Å². The Morgan fingerprint density at radius 1 is 1.30 bits per heavy atom. The number of nitrogens with zero attached hydrogens (tertiary/aromatic N) is 1. The maximum Gasteiger partial charge on any atom is 0.175 e. The Balaban J connectivity index is 2.11. The van der Waals surface area contributed by atoms with Gasteiger partial charge in [0.05, 0.1) is 4.90 Å². The van der Waals surface area contributed by atoms with Crippen LogP contribution >= 0.6 is 11.8 Å². The van der Waals surface area contributed by atoms with Crippen molar-refractivity contribution in [3.05, 3.63) is 41.7 Å². The van der Waals surface area contributed by atoms with Crippen molar-refractivity contribution in [2.24, 2.45) is 0 Å². The SMILES string of the molecule is CCc1cnc(S[C@@H](C)c2ccc(S(C)(=O)=O)cc2)[nH]1. The van der Waals surface area contributed by atoms with Crippen molar-refractivity contribution in [3.8, 4) is 0 Å². The van der Waals surface area contributed by atoms with E-state index in [-0.39, 0.29) is 5.25 Å². The molecule has 6 heteroatoms. The standard InChI is InChI=1S/C14H18N2O2S2/c1-4-12-9-15-14(16-12)19-10(2)11-5-7-13(8-6-11)20(3,17)18/h5-10H,4H2,1-3H3,(H,15,16)/t10-/m0/s1. The van der Waals surface area contributed by atoms with Gasteiger partial charge in [-0.3, -0.25) is 0 Å². The van der Waals surface area contributed by atoms with Crippen LogP contribution in [0.3, 0.4) is 0 Å². The molecule has 1 aromatic heterocycles. The van der Waals surface area contributed by atoms with E-state index in [1.54, 1.807) is 23.9 Å². The van der Waals surface area contributed by atoms with Crippen LogP contribution in [0.1, 0.15) is 30.4 Å². The fourth-order valence-corrected chi connectivity index (χ4v) is 3.36. The van der Waals surface area contributed by atoms with Gasteiger partial charge in [0.2, 0.25) is 0 Å². The van der Waals surface area contributed by atoms with Gasteiger partial charge in [-0.2, -0.15) is 0 Å². The molecule has 0 amide bonds. The largest absolute Gasteiger partial charge is 0.337 e. The molecule has 0 fully saturated rings. The van der Waals surface area contributed by atoms with Gasteiger partial charge in [-0.05, 0) is 31.0 Å². The molecule has 0 radical (unpaired) electrons. The quantitative estimate of drug-likeness (QED) is 0.861. The van der Waals surface area contributed by atoms with Crippen molar-refractivity contribution in [2.75, 3.05) is 6.26 Å². The summed E-state index contributed by atoms with van der Waals surface area (Å²) in [5, 5.41) is 1.10. The molecule has 1 heterocycles. The highest BCUT2D eigenvalue weighted by Gasteiger charge is 2.12. The van der Waals surface area contributed by atoms with E-state index < -0.39 is 9.84 Å². The lowest BCUT2D eigenvalue weighted by Crippen LogP contribution is -1.97. The van der Waals surface area contributed by atoms with E-state index in [1.165, 1.54) is 6.26 Å². The van der Waals surface area contributed by atoms with Gasteiger partial charge >= 0.3 is 0 Å². The van der Waals surface area contributed by atoms with Gasteiger partial charge in [-0.15, -0.1) is 0 Å². The number of aryl methyl sites for hydroxylation is 1. The van der Waals surface area contributed by atoms with E-state index in [2.05, 4.69) is 23.8 Å². The minimum Gasteiger partial charge on any atom is -0.337 e. The number of H-pyrrole nitrogens is 1. The average molecular weight is 310 g/mol. The van der Waals surface area contributed by atoms with E-state index in [4.69, 9.17) is 0 Å². The first-order valence-electron chi connectivity index (χ1n) is 6.40. The van der Waals surface area contributed by atoms with E-state index in [0.29, 0.717) is 4.90 Å². The minimum absolute atomic E-state index is 0.208. The Kier molecular flexibility index (Phi) is 4.55. The lowest BCUT2D eigenvalue weighted by molar-refractivity contribution is 0.602. The number of rotatable bonds is 5. The Bertz CT molecular complexity index is 675. The van der Waals surface area contributed by atoms with Crippen molar-refractivity contribution in [1.29, 1.82) is 0 Å². The summed E-state index contributed by atoms with van der Waals surface area (Å²) in [5.41, 5.74) is 2.20. The van der Waals surface area contributed by atoms with Crippen LogP contribution in [-0.2, 0) is 16.3 Å². The molecule has 1 N–H and O–H groups in total. The molecule has 0 saturated heterocycles. The van der Waals surface area contributed by atoms with E-state index in [0.717, 1.165) is 22.8 Å². The number of sulfone groups is 1. The number of hydrogen-bond acceptors (Lipinski definition) is 4. The van der Waals surface area contributed by atoms with E-state index >= 15 is 0 Å². The van der Waals surface area contributed by atoms with Gasteiger partial charge in [-0.25, -0.2) is 13.4 Å². The third kappa shape index (κ3) is 3.64. The summed E-state index contributed by atoms with van der Waals surface area (Å²) in [4.78, 5) is 7.93. The van der Waals surface area contributed by atoms with Gasteiger partial charge in [0.15, 0.2) is 15.0 Å². The second-order valence-electron chi connectivity index (χ2n) is 4.67. The first-order chi connectivity index (χ1) is 9.40. The van der Waals surface area contributed by atoms with Crippen LogP contribution in [0.2, 0.25) is 0 Å². The number of thioether (sulfide) groups is 1. The van der Waals surface area contributed by atoms with Crippen molar-refractivity contribution >= 4 is 21.6 Å². The third-order valence-corrected chi connectivity index (χ3v) is 5.24. The van der Waals surface area contributed by atoms with Crippen molar-refractivity contribution in [2.45, 2.75) is 35.6 Å². The fourth-order valence-electron chi connectivity index (χ4n) is 1.80. The molecule has 0 aliphatic rings. The summed E-state index contributed by atoms with van der Waals surface area (Å²) in [6, 6.07) is 7.03. The Morgan fingerprint density at radius 2 is 1.95 bits per heavy atom. The molecule has 4 nitrogen and oxygen atoms in total. The van der Waals surface area contributed by atoms with Crippen LogP contribution in [0.25, 0.3) is 0 Å². The smallest absolute Gasteiger partial charge is 0.175 e. The summed E-state index contributed by atoms with van der Waals surface area (Å²) < 4.78 is 22.8. The maximum atomic E-state index is 11.4. The van der Waals surface area contributed by atoms with E-state index in [9.17, 15) is 8.42 Å². The Hall–Kier alpha value is -1.27. The molecule has 20 heavy (non-hydrogen) atoms. The van der Waals surface area contributed by atoms with Crippen LogP contribution in [0.5, 0.6) is 0 Å². The molecule has 0 aliphatic heterocycles. The number of hydrogen-bond donors (Lipinski definition) is 1. The fraction of sp³-hybridized carbons (Fsp3) is 0.357. The molecule has 2 aromatic rings. The van der Waals surface area contributed by atoms with Crippen LogP contribution in [-0.4, -0.2) is 24.6 Å². The van der Waals surface area contributed by atoms with Gasteiger partial charge in [0.25, 0.3) is 0 Å². The van der Waals surface area contributed by atoms with Crippen molar-refractivity contribution in [3.63, 3.8) is 0 Å². The highest BCUT2D eigenvalue weighted by Crippen LogP contribution is 2.33. The molecule has 1 atom stereocenters. The number of benzene rings is 1. The lowest BCUT2D eigenvalue weighted by Gasteiger charge is -2.10. The number of aromatic nitrogens is 2. The molecule has 0 unspecified atom stereocenters. The first-order valence-corrected chi connectivity index (χ1v) is 9.18. The molecule has 0 bridgehead atoms. The highest BCUT2D eigenvalue weighted by molar-refractivity contribution is 7.99. The zero-order chi connectivity index (χ0) is 14.8. The summed E-state index contributed by atoms with van der Waals surface area (Å²) in [6.45, 7) is 4.16. The van der Waals surface area contributed by atoms with Gasteiger partial charge in [-0.1, -0.05) is 30.8 Å². The minimum atomic E-state index is -3.13. The molecule has 1 aromatic carbocycles. The molecule has 0 aliphatic carbocycles.